The number of ether oxygens (including phenoxy) is 1. The van der Waals surface area contributed by atoms with E-state index >= 15 is 0 Å². The van der Waals surface area contributed by atoms with Gasteiger partial charge in [-0.05, 0) is 30.1 Å². The Morgan fingerprint density at radius 2 is 1.47 bits per heavy atom. The lowest BCUT2D eigenvalue weighted by Gasteiger charge is -2.07. The normalized spacial score (nSPS) is 16.5. The van der Waals surface area contributed by atoms with Crippen molar-refractivity contribution in [2.75, 3.05) is 0 Å². The molecule has 0 spiro atoms. The molecule has 0 amide bonds. The van der Waals surface area contributed by atoms with Crippen LogP contribution >= 0.6 is 0 Å². The summed E-state index contributed by atoms with van der Waals surface area (Å²) < 4.78 is 5.57. The quantitative estimate of drug-likeness (QED) is 0.694. The van der Waals surface area contributed by atoms with Crippen molar-refractivity contribution >= 4 is 6.21 Å². The number of nitrogens with one attached hydrogen (secondary N) is 1. The van der Waals surface area contributed by atoms with Gasteiger partial charge in [0.15, 0.2) is 0 Å². The van der Waals surface area contributed by atoms with E-state index in [4.69, 9.17) is 10.1 Å². The predicted octanol–water partition coefficient (Wildman–Crippen LogP) is 3.51. The van der Waals surface area contributed by atoms with Gasteiger partial charge in [0.05, 0.1) is 6.21 Å². The predicted molar refractivity (Wildman–Crippen MR) is 63.7 cm³/mol. The Labute approximate surface area is 90.5 Å². The molecule has 2 nitrogen and oxygen atoms in total. The molecule has 1 N–H and O–H groups in total. The second-order valence-corrected chi connectivity index (χ2v) is 3.14. The maximum absolute atomic E-state index is 7.28. The standard InChI is InChI=1S/C13H15NO/c1-4-10-7-8-11(5-2)13(9-14)15-12(10)6-3/h4-6,9,14H,1-3,7-8H2. The zero-order valence-corrected chi connectivity index (χ0v) is 8.75. The minimum Gasteiger partial charge on any atom is -0.455 e. The Hall–Kier alpha value is -1.83. The van der Waals surface area contributed by atoms with E-state index < -0.39 is 0 Å². The fourth-order valence-corrected chi connectivity index (χ4v) is 1.47. The van der Waals surface area contributed by atoms with Gasteiger partial charge in [0, 0.05) is 0 Å². The summed E-state index contributed by atoms with van der Waals surface area (Å²) in [6.45, 7) is 11.1. The molecule has 0 atom stereocenters. The average molecular weight is 201 g/mol. The molecule has 0 fully saturated rings. The summed E-state index contributed by atoms with van der Waals surface area (Å²) in [5.74, 6) is 1.22. The molecule has 0 unspecified atom stereocenters. The highest BCUT2D eigenvalue weighted by atomic mass is 16.5. The fourth-order valence-electron chi connectivity index (χ4n) is 1.47. The fraction of sp³-hybridized carbons (Fsp3) is 0.154. The van der Waals surface area contributed by atoms with Crippen LogP contribution in [0.1, 0.15) is 12.8 Å². The molecule has 0 bridgehead atoms. The van der Waals surface area contributed by atoms with E-state index in [1.807, 2.05) is 0 Å². The van der Waals surface area contributed by atoms with Crippen LogP contribution in [0.4, 0.5) is 0 Å². The van der Waals surface area contributed by atoms with Crippen LogP contribution < -0.4 is 0 Å². The second-order valence-electron chi connectivity index (χ2n) is 3.14. The maximum atomic E-state index is 7.28. The molecular formula is C13H15NO. The summed E-state index contributed by atoms with van der Waals surface area (Å²) in [6, 6.07) is 0. The summed E-state index contributed by atoms with van der Waals surface area (Å²) in [5, 5.41) is 7.28. The Balaban J connectivity index is 3.13. The largest absolute Gasteiger partial charge is 0.455 e. The lowest BCUT2D eigenvalue weighted by Crippen LogP contribution is -1.94. The first kappa shape index (κ1) is 11.2. The van der Waals surface area contributed by atoms with Crippen LogP contribution in [0.3, 0.4) is 0 Å². The molecular weight excluding hydrogens is 186 g/mol. The Morgan fingerprint density at radius 3 is 1.87 bits per heavy atom. The molecule has 0 aromatic carbocycles. The molecule has 15 heavy (non-hydrogen) atoms. The van der Waals surface area contributed by atoms with Crippen LogP contribution in [0.2, 0.25) is 0 Å². The first-order valence-electron chi connectivity index (χ1n) is 4.78. The van der Waals surface area contributed by atoms with Crippen LogP contribution in [-0.2, 0) is 4.74 Å². The van der Waals surface area contributed by atoms with Crippen molar-refractivity contribution < 1.29 is 4.74 Å². The zero-order chi connectivity index (χ0) is 11.3. The summed E-state index contributed by atoms with van der Waals surface area (Å²) >= 11 is 0. The SMILES string of the molecule is C=CC1=C(C=C)OC(C=N)=C(C=C)CC1. The number of hydrogen-bond donors (Lipinski definition) is 1. The van der Waals surface area contributed by atoms with Gasteiger partial charge in [-0.2, -0.15) is 0 Å². The minimum absolute atomic E-state index is 0.539. The van der Waals surface area contributed by atoms with Crippen molar-refractivity contribution in [3.63, 3.8) is 0 Å². The first-order chi connectivity index (χ1) is 7.26. The smallest absolute Gasteiger partial charge is 0.148 e. The Kier molecular flexibility index (Phi) is 3.86. The van der Waals surface area contributed by atoms with Gasteiger partial charge in [0.1, 0.15) is 11.5 Å². The topological polar surface area (TPSA) is 33.1 Å². The minimum atomic E-state index is 0.539. The molecule has 1 aliphatic rings. The van der Waals surface area contributed by atoms with E-state index in [0.717, 1.165) is 24.0 Å². The third-order valence-electron chi connectivity index (χ3n) is 2.33. The van der Waals surface area contributed by atoms with Crippen LogP contribution in [0, 0.1) is 5.41 Å². The molecule has 0 radical (unpaired) electrons. The Bertz CT molecular complexity index is 336. The molecule has 0 saturated carbocycles. The van der Waals surface area contributed by atoms with E-state index in [-0.39, 0.29) is 0 Å². The van der Waals surface area contributed by atoms with Gasteiger partial charge < -0.3 is 10.1 Å². The van der Waals surface area contributed by atoms with E-state index in [1.54, 1.807) is 18.2 Å². The molecule has 2 heteroatoms. The van der Waals surface area contributed by atoms with Crippen molar-refractivity contribution in [2.45, 2.75) is 12.8 Å². The van der Waals surface area contributed by atoms with Gasteiger partial charge in [-0.15, -0.1) is 0 Å². The first-order valence-corrected chi connectivity index (χ1v) is 4.78. The second kappa shape index (κ2) is 5.15. The summed E-state index contributed by atoms with van der Waals surface area (Å²) in [7, 11) is 0. The molecule has 78 valence electrons. The molecule has 0 saturated heterocycles. The van der Waals surface area contributed by atoms with Gasteiger partial charge in [-0.25, -0.2) is 0 Å². The van der Waals surface area contributed by atoms with Crippen molar-refractivity contribution in [2.24, 2.45) is 0 Å². The van der Waals surface area contributed by atoms with Crippen molar-refractivity contribution in [1.29, 1.82) is 5.41 Å². The van der Waals surface area contributed by atoms with Crippen molar-refractivity contribution in [3.8, 4) is 0 Å². The number of rotatable bonds is 4. The molecule has 1 rings (SSSR count). The highest BCUT2D eigenvalue weighted by Crippen LogP contribution is 2.26. The van der Waals surface area contributed by atoms with Crippen molar-refractivity contribution in [1.82, 2.24) is 0 Å². The summed E-state index contributed by atoms with van der Waals surface area (Å²) in [5.41, 5.74) is 1.96. The lowest BCUT2D eigenvalue weighted by molar-refractivity contribution is 0.342. The highest BCUT2D eigenvalue weighted by molar-refractivity contribution is 5.75. The average Bonchev–Trinajstić information content (AvgIpc) is 2.46. The van der Waals surface area contributed by atoms with E-state index in [2.05, 4.69) is 19.7 Å². The lowest BCUT2D eigenvalue weighted by atomic mass is 10.0. The van der Waals surface area contributed by atoms with Gasteiger partial charge >= 0.3 is 0 Å². The van der Waals surface area contributed by atoms with E-state index in [1.165, 1.54) is 6.21 Å². The van der Waals surface area contributed by atoms with E-state index in [9.17, 15) is 0 Å². The third kappa shape index (κ3) is 2.34. The van der Waals surface area contributed by atoms with E-state index in [0.29, 0.717) is 11.5 Å². The van der Waals surface area contributed by atoms with Crippen molar-refractivity contribution in [3.05, 3.63) is 60.6 Å². The van der Waals surface area contributed by atoms with Crippen LogP contribution in [0.25, 0.3) is 0 Å². The Morgan fingerprint density at radius 1 is 0.933 bits per heavy atom. The van der Waals surface area contributed by atoms with Crippen LogP contribution in [0.15, 0.2) is 60.6 Å². The highest BCUT2D eigenvalue weighted by Gasteiger charge is 2.13. The van der Waals surface area contributed by atoms with Crippen LogP contribution in [0.5, 0.6) is 0 Å². The zero-order valence-electron chi connectivity index (χ0n) is 8.75. The summed E-state index contributed by atoms with van der Waals surface area (Å²) in [4.78, 5) is 0. The number of hydrogen-bond acceptors (Lipinski definition) is 2. The molecule has 1 heterocycles. The molecule has 1 aliphatic heterocycles. The monoisotopic (exact) mass is 201 g/mol. The van der Waals surface area contributed by atoms with Crippen LogP contribution in [-0.4, -0.2) is 6.21 Å². The van der Waals surface area contributed by atoms with Gasteiger partial charge in [0.2, 0.25) is 0 Å². The third-order valence-corrected chi connectivity index (χ3v) is 2.33. The molecule has 0 aromatic heterocycles. The summed E-state index contributed by atoms with van der Waals surface area (Å²) in [6.07, 6.45) is 7.99. The van der Waals surface area contributed by atoms with Gasteiger partial charge in [-0.1, -0.05) is 31.9 Å². The van der Waals surface area contributed by atoms with Gasteiger partial charge in [0.25, 0.3) is 0 Å². The number of allylic oxidation sites excluding steroid dienone is 6. The maximum Gasteiger partial charge on any atom is 0.148 e. The molecule has 0 aromatic rings. The molecule has 0 aliphatic carbocycles. The van der Waals surface area contributed by atoms with Gasteiger partial charge in [-0.3, -0.25) is 0 Å².